The minimum atomic E-state index is -0.415. The Bertz CT molecular complexity index is 656. The Morgan fingerprint density at radius 2 is 2.00 bits per heavy atom. The molecule has 0 aliphatic rings. The maximum atomic E-state index is 12.1. The van der Waals surface area contributed by atoms with Gasteiger partial charge in [-0.15, -0.1) is 0 Å². The molecule has 0 bridgehead atoms. The zero-order chi connectivity index (χ0) is 15.4. The van der Waals surface area contributed by atoms with Crippen LogP contribution >= 0.6 is 11.6 Å². The summed E-state index contributed by atoms with van der Waals surface area (Å²) in [5.74, 6) is -0.415. The number of hydrogen-bond acceptors (Lipinski definition) is 4. The number of halogens is 1. The van der Waals surface area contributed by atoms with Gasteiger partial charge in [-0.3, -0.25) is 0 Å². The molecule has 0 aliphatic heterocycles. The summed E-state index contributed by atoms with van der Waals surface area (Å²) < 4.78 is 5.23. The van der Waals surface area contributed by atoms with Crippen molar-refractivity contribution in [2.45, 2.75) is 20.0 Å². The van der Waals surface area contributed by atoms with Crippen LogP contribution in [0.2, 0.25) is 5.02 Å². The van der Waals surface area contributed by atoms with Crippen molar-refractivity contribution in [2.24, 2.45) is 0 Å². The Kier molecular flexibility index (Phi) is 4.70. The van der Waals surface area contributed by atoms with Crippen molar-refractivity contribution in [3.05, 3.63) is 53.1 Å². The van der Waals surface area contributed by atoms with Gasteiger partial charge in [0.25, 0.3) is 0 Å². The van der Waals surface area contributed by atoms with Crippen LogP contribution in [0.15, 0.2) is 42.5 Å². The van der Waals surface area contributed by atoms with E-state index in [9.17, 15) is 4.79 Å². The molecule has 0 aromatic heterocycles. The Morgan fingerprint density at radius 3 is 2.67 bits per heavy atom. The van der Waals surface area contributed by atoms with Crippen molar-refractivity contribution in [3.63, 3.8) is 0 Å². The summed E-state index contributed by atoms with van der Waals surface area (Å²) in [6, 6.07) is 12.3. The summed E-state index contributed by atoms with van der Waals surface area (Å²) in [6.45, 7) is 3.60. The maximum absolute atomic E-state index is 12.1. The van der Waals surface area contributed by atoms with Crippen molar-refractivity contribution in [1.82, 2.24) is 0 Å². The van der Waals surface area contributed by atoms with E-state index in [1.54, 1.807) is 44.2 Å². The second kappa shape index (κ2) is 6.50. The summed E-state index contributed by atoms with van der Waals surface area (Å²) in [7, 11) is 0. The summed E-state index contributed by atoms with van der Waals surface area (Å²) in [5, 5.41) is 3.77. The quantitative estimate of drug-likeness (QED) is 0.655. The molecular formula is C16H17ClN2O2. The van der Waals surface area contributed by atoms with Crippen LogP contribution in [-0.4, -0.2) is 12.1 Å². The number of hydrogen-bond donors (Lipinski definition) is 2. The van der Waals surface area contributed by atoms with Gasteiger partial charge in [0.1, 0.15) is 0 Å². The van der Waals surface area contributed by atoms with Gasteiger partial charge in [0.2, 0.25) is 0 Å². The lowest BCUT2D eigenvalue weighted by molar-refractivity contribution is 0.0379. The highest BCUT2D eigenvalue weighted by molar-refractivity contribution is 6.30. The second-order valence-corrected chi connectivity index (χ2v) is 5.33. The van der Waals surface area contributed by atoms with Crippen LogP contribution < -0.4 is 11.1 Å². The molecule has 2 rings (SSSR count). The number of rotatable bonds is 4. The highest BCUT2D eigenvalue weighted by atomic mass is 35.5. The molecule has 0 fully saturated rings. The summed E-state index contributed by atoms with van der Waals surface area (Å²) in [6.07, 6.45) is -0.196. The topological polar surface area (TPSA) is 64.3 Å². The van der Waals surface area contributed by atoms with Gasteiger partial charge in [0.15, 0.2) is 0 Å². The number of carbonyl (C=O) groups is 1. The number of nitrogens with one attached hydrogen (secondary N) is 1. The third kappa shape index (κ3) is 4.13. The van der Waals surface area contributed by atoms with Gasteiger partial charge < -0.3 is 15.8 Å². The number of carbonyl (C=O) groups excluding carboxylic acids is 1. The molecule has 0 atom stereocenters. The fourth-order valence-electron chi connectivity index (χ4n) is 1.84. The molecule has 3 N–H and O–H groups in total. The molecule has 0 unspecified atom stereocenters. The van der Waals surface area contributed by atoms with Crippen LogP contribution in [0.1, 0.15) is 24.2 Å². The lowest BCUT2D eigenvalue weighted by Crippen LogP contribution is -2.13. The van der Waals surface area contributed by atoms with E-state index in [4.69, 9.17) is 22.1 Å². The first-order chi connectivity index (χ1) is 9.95. The molecule has 0 amide bonds. The number of benzene rings is 2. The van der Waals surface area contributed by atoms with E-state index in [0.29, 0.717) is 22.0 Å². The molecule has 0 saturated heterocycles. The molecule has 0 aliphatic carbocycles. The van der Waals surface area contributed by atoms with Crippen molar-refractivity contribution in [3.8, 4) is 0 Å². The molecule has 110 valence electrons. The Balaban J connectivity index is 2.32. The molecule has 0 radical (unpaired) electrons. The standard InChI is InChI=1S/C16H17ClN2O2/c1-10(2)21-16(20)14-9-12(18)6-7-15(14)19-13-5-3-4-11(17)8-13/h3-10,19H,18H2,1-2H3. The van der Waals surface area contributed by atoms with Crippen LogP contribution in [0.25, 0.3) is 0 Å². The molecule has 0 saturated carbocycles. The van der Waals surface area contributed by atoms with Crippen LogP contribution in [0, 0.1) is 0 Å². The summed E-state index contributed by atoms with van der Waals surface area (Å²) >= 11 is 5.96. The number of nitrogen functional groups attached to an aromatic ring is 1. The SMILES string of the molecule is CC(C)OC(=O)c1cc(N)ccc1Nc1cccc(Cl)c1. The highest BCUT2D eigenvalue weighted by Crippen LogP contribution is 2.25. The zero-order valence-corrected chi connectivity index (χ0v) is 12.6. The fourth-order valence-corrected chi connectivity index (χ4v) is 2.03. The Hall–Kier alpha value is -2.20. The van der Waals surface area contributed by atoms with E-state index < -0.39 is 5.97 Å². The average molecular weight is 305 g/mol. The largest absolute Gasteiger partial charge is 0.459 e. The lowest BCUT2D eigenvalue weighted by atomic mass is 10.1. The van der Waals surface area contributed by atoms with Gasteiger partial charge in [0.05, 0.1) is 17.4 Å². The second-order valence-electron chi connectivity index (χ2n) is 4.89. The third-order valence-electron chi connectivity index (χ3n) is 2.71. The molecule has 5 heteroatoms. The zero-order valence-electron chi connectivity index (χ0n) is 11.9. The van der Waals surface area contributed by atoms with E-state index in [0.717, 1.165) is 5.69 Å². The van der Waals surface area contributed by atoms with Crippen molar-refractivity contribution >= 4 is 34.6 Å². The van der Waals surface area contributed by atoms with Gasteiger partial charge in [-0.25, -0.2) is 4.79 Å². The van der Waals surface area contributed by atoms with Gasteiger partial charge in [-0.1, -0.05) is 17.7 Å². The van der Waals surface area contributed by atoms with Crippen LogP contribution in [0.3, 0.4) is 0 Å². The first-order valence-electron chi connectivity index (χ1n) is 6.59. The number of anilines is 3. The Labute approximate surface area is 128 Å². The van der Waals surface area contributed by atoms with Crippen molar-refractivity contribution in [1.29, 1.82) is 0 Å². The molecular weight excluding hydrogens is 288 g/mol. The number of ether oxygens (including phenoxy) is 1. The van der Waals surface area contributed by atoms with Gasteiger partial charge in [-0.05, 0) is 50.2 Å². The maximum Gasteiger partial charge on any atom is 0.340 e. The van der Waals surface area contributed by atoms with Crippen LogP contribution in [0.5, 0.6) is 0 Å². The van der Waals surface area contributed by atoms with Crippen LogP contribution in [-0.2, 0) is 4.74 Å². The predicted molar refractivity (Wildman–Crippen MR) is 86.1 cm³/mol. The summed E-state index contributed by atoms with van der Waals surface area (Å²) in [5.41, 5.74) is 8.06. The number of esters is 1. The van der Waals surface area contributed by atoms with E-state index in [2.05, 4.69) is 5.32 Å². The molecule has 0 spiro atoms. The first kappa shape index (κ1) is 15.2. The van der Waals surface area contributed by atoms with Crippen LogP contribution in [0.4, 0.5) is 17.1 Å². The van der Waals surface area contributed by atoms with E-state index in [-0.39, 0.29) is 6.10 Å². The molecule has 4 nitrogen and oxygen atoms in total. The first-order valence-corrected chi connectivity index (χ1v) is 6.96. The molecule has 2 aromatic rings. The molecule has 0 heterocycles. The number of nitrogens with two attached hydrogens (primary N) is 1. The predicted octanol–water partition coefficient (Wildman–Crippen LogP) is 4.23. The van der Waals surface area contributed by atoms with E-state index >= 15 is 0 Å². The van der Waals surface area contributed by atoms with Gasteiger partial charge in [-0.2, -0.15) is 0 Å². The van der Waals surface area contributed by atoms with Gasteiger partial charge >= 0.3 is 5.97 Å². The normalized spacial score (nSPS) is 10.5. The fraction of sp³-hybridized carbons (Fsp3) is 0.188. The third-order valence-corrected chi connectivity index (χ3v) is 2.94. The van der Waals surface area contributed by atoms with Crippen molar-refractivity contribution in [2.75, 3.05) is 11.1 Å². The smallest absolute Gasteiger partial charge is 0.340 e. The average Bonchev–Trinajstić information content (AvgIpc) is 2.40. The monoisotopic (exact) mass is 304 g/mol. The lowest BCUT2D eigenvalue weighted by Gasteiger charge is -2.14. The van der Waals surface area contributed by atoms with E-state index in [1.807, 2.05) is 12.1 Å². The minimum Gasteiger partial charge on any atom is -0.459 e. The molecule has 21 heavy (non-hydrogen) atoms. The highest BCUT2D eigenvalue weighted by Gasteiger charge is 2.15. The molecule has 2 aromatic carbocycles. The minimum absolute atomic E-state index is 0.196. The summed E-state index contributed by atoms with van der Waals surface area (Å²) in [4.78, 5) is 12.1. The van der Waals surface area contributed by atoms with E-state index in [1.165, 1.54) is 0 Å². The Morgan fingerprint density at radius 1 is 1.24 bits per heavy atom. The van der Waals surface area contributed by atoms with Gasteiger partial charge in [0, 0.05) is 16.4 Å². The van der Waals surface area contributed by atoms with Crippen molar-refractivity contribution < 1.29 is 9.53 Å².